The molecule has 152 valence electrons. The van der Waals surface area contributed by atoms with E-state index >= 15 is 0 Å². The van der Waals surface area contributed by atoms with Crippen molar-refractivity contribution in [3.8, 4) is 5.75 Å². The molecule has 0 spiro atoms. The molecule has 2 heterocycles. The molecule has 1 aliphatic heterocycles. The Morgan fingerprint density at radius 2 is 1.93 bits per heavy atom. The fraction of sp³-hybridized carbons (Fsp3) is 0.391. The van der Waals surface area contributed by atoms with E-state index in [0.717, 1.165) is 48.4 Å². The Kier molecular flexibility index (Phi) is 5.81. The summed E-state index contributed by atoms with van der Waals surface area (Å²) in [6.45, 7) is 3.31. The zero-order chi connectivity index (χ0) is 20.2. The summed E-state index contributed by atoms with van der Waals surface area (Å²) in [5.41, 5.74) is 7.98. The van der Waals surface area contributed by atoms with Gasteiger partial charge in [-0.1, -0.05) is 30.3 Å². The number of nitrogens with zero attached hydrogens (tertiary/aromatic N) is 3. The summed E-state index contributed by atoms with van der Waals surface area (Å²) in [6.07, 6.45) is 3.13. The summed E-state index contributed by atoms with van der Waals surface area (Å²) in [7, 11) is 0. The number of para-hydroxylation sites is 3. The van der Waals surface area contributed by atoms with E-state index < -0.39 is 0 Å². The largest absolute Gasteiger partial charge is 0.486 e. The first-order valence-electron chi connectivity index (χ1n) is 10.3. The number of imidazole rings is 1. The Bertz CT molecular complexity index is 967. The molecule has 1 amide bonds. The van der Waals surface area contributed by atoms with Gasteiger partial charge in [-0.2, -0.15) is 0 Å². The van der Waals surface area contributed by atoms with Gasteiger partial charge in [0.05, 0.1) is 11.0 Å². The van der Waals surface area contributed by atoms with Gasteiger partial charge in [0, 0.05) is 18.6 Å². The molecule has 0 saturated carbocycles. The number of carbonyl (C=O) groups excluding carboxylic acids is 1. The molecule has 2 unspecified atom stereocenters. The minimum absolute atomic E-state index is 0.0281. The third-order valence-corrected chi connectivity index (χ3v) is 5.61. The van der Waals surface area contributed by atoms with Crippen molar-refractivity contribution >= 4 is 16.9 Å². The summed E-state index contributed by atoms with van der Waals surface area (Å²) in [6, 6.07) is 17.6. The SMILES string of the molecule is CC(N)C1CCCCN1C(=O)Cn1c(COc2ccccc2)nc2ccccc21. The van der Waals surface area contributed by atoms with Crippen molar-refractivity contribution in [2.45, 2.75) is 51.4 Å². The minimum Gasteiger partial charge on any atom is -0.486 e. The van der Waals surface area contributed by atoms with Crippen LogP contribution in [0.5, 0.6) is 5.75 Å². The summed E-state index contributed by atoms with van der Waals surface area (Å²) in [4.78, 5) is 19.9. The molecule has 1 aliphatic rings. The molecule has 2 atom stereocenters. The molecule has 2 aromatic carbocycles. The lowest BCUT2D eigenvalue weighted by molar-refractivity contribution is -0.136. The van der Waals surface area contributed by atoms with Crippen LogP contribution in [-0.4, -0.2) is 39.0 Å². The summed E-state index contributed by atoms with van der Waals surface area (Å²) < 4.78 is 7.90. The lowest BCUT2D eigenvalue weighted by Gasteiger charge is -2.38. The number of hydrogen-bond acceptors (Lipinski definition) is 4. The lowest BCUT2D eigenvalue weighted by atomic mass is 9.97. The molecule has 1 aromatic heterocycles. The average molecular weight is 393 g/mol. The smallest absolute Gasteiger partial charge is 0.242 e. The van der Waals surface area contributed by atoms with E-state index in [2.05, 4.69) is 0 Å². The Labute approximate surface area is 171 Å². The molecule has 0 aliphatic carbocycles. The Morgan fingerprint density at radius 3 is 2.72 bits per heavy atom. The molecule has 6 heteroatoms. The zero-order valence-electron chi connectivity index (χ0n) is 16.8. The van der Waals surface area contributed by atoms with Crippen LogP contribution in [0.2, 0.25) is 0 Å². The van der Waals surface area contributed by atoms with Gasteiger partial charge in [-0.15, -0.1) is 0 Å². The molecule has 1 saturated heterocycles. The molecule has 0 radical (unpaired) electrons. The van der Waals surface area contributed by atoms with Crippen LogP contribution in [0.25, 0.3) is 11.0 Å². The molecule has 1 fully saturated rings. The molecule has 4 rings (SSSR count). The second-order valence-corrected chi connectivity index (χ2v) is 7.71. The van der Waals surface area contributed by atoms with Crippen LogP contribution in [0.4, 0.5) is 0 Å². The maximum Gasteiger partial charge on any atom is 0.242 e. The lowest BCUT2D eigenvalue weighted by Crippen LogP contribution is -2.52. The Balaban J connectivity index is 1.59. The fourth-order valence-corrected chi connectivity index (χ4v) is 4.12. The molecular formula is C23H28N4O2. The Morgan fingerprint density at radius 1 is 1.17 bits per heavy atom. The molecular weight excluding hydrogens is 364 g/mol. The van der Waals surface area contributed by atoms with E-state index in [0.29, 0.717) is 6.61 Å². The van der Waals surface area contributed by atoms with Crippen molar-refractivity contribution in [2.24, 2.45) is 5.73 Å². The number of rotatable bonds is 6. The van der Waals surface area contributed by atoms with Crippen molar-refractivity contribution in [2.75, 3.05) is 6.54 Å². The normalized spacial score (nSPS) is 18.0. The van der Waals surface area contributed by atoms with Crippen molar-refractivity contribution in [3.05, 3.63) is 60.4 Å². The summed E-state index contributed by atoms with van der Waals surface area (Å²) >= 11 is 0. The van der Waals surface area contributed by atoms with Crippen LogP contribution in [0.15, 0.2) is 54.6 Å². The van der Waals surface area contributed by atoms with Gasteiger partial charge >= 0.3 is 0 Å². The molecule has 3 aromatic rings. The van der Waals surface area contributed by atoms with Gasteiger partial charge in [-0.25, -0.2) is 4.98 Å². The number of piperidine rings is 1. The standard InChI is InChI=1S/C23H28N4O2/c1-17(24)20-12-7-8-14-26(20)23(28)15-27-21-13-6-5-11-19(21)25-22(27)16-29-18-9-3-2-4-10-18/h2-6,9-11,13,17,20H,7-8,12,14-16,24H2,1H3. The highest BCUT2D eigenvalue weighted by Gasteiger charge is 2.29. The first kappa shape index (κ1) is 19.5. The van der Waals surface area contributed by atoms with E-state index in [1.807, 2.05) is 71.0 Å². The van der Waals surface area contributed by atoms with Crippen LogP contribution in [0.3, 0.4) is 0 Å². The second-order valence-electron chi connectivity index (χ2n) is 7.71. The van der Waals surface area contributed by atoms with Gasteiger partial charge in [-0.3, -0.25) is 4.79 Å². The number of nitrogens with two attached hydrogens (primary N) is 1. The molecule has 2 N–H and O–H groups in total. The molecule has 29 heavy (non-hydrogen) atoms. The number of hydrogen-bond donors (Lipinski definition) is 1. The quantitative estimate of drug-likeness (QED) is 0.698. The van der Waals surface area contributed by atoms with Crippen LogP contribution in [0.1, 0.15) is 32.0 Å². The van der Waals surface area contributed by atoms with Crippen molar-refractivity contribution < 1.29 is 9.53 Å². The average Bonchev–Trinajstić information content (AvgIpc) is 3.10. The topological polar surface area (TPSA) is 73.4 Å². The maximum atomic E-state index is 13.2. The van der Waals surface area contributed by atoms with Gasteiger partial charge in [0.1, 0.15) is 24.7 Å². The number of carbonyl (C=O) groups is 1. The number of benzene rings is 2. The first-order valence-corrected chi connectivity index (χ1v) is 10.3. The monoisotopic (exact) mass is 392 g/mol. The van der Waals surface area contributed by atoms with Gasteiger partial charge in [0.15, 0.2) is 0 Å². The summed E-state index contributed by atoms with van der Waals surface area (Å²) in [5.74, 6) is 1.62. The van der Waals surface area contributed by atoms with Gasteiger partial charge in [-0.05, 0) is 50.5 Å². The van der Waals surface area contributed by atoms with Crippen LogP contribution >= 0.6 is 0 Å². The number of amides is 1. The predicted octanol–water partition coefficient (Wildman–Crippen LogP) is 3.34. The van der Waals surface area contributed by atoms with Crippen molar-refractivity contribution in [1.82, 2.24) is 14.5 Å². The third-order valence-electron chi connectivity index (χ3n) is 5.61. The summed E-state index contributed by atoms with van der Waals surface area (Å²) in [5, 5.41) is 0. The van der Waals surface area contributed by atoms with Crippen molar-refractivity contribution in [3.63, 3.8) is 0 Å². The number of likely N-dealkylation sites (tertiary alicyclic amines) is 1. The third kappa shape index (κ3) is 4.27. The number of fused-ring (bicyclic) bond motifs is 1. The van der Waals surface area contributed by atoms with E-state index in [4.69, 9.17) is 15.5 Å². The Hall–Kier alpha value is -2.86. The van der Waals surface area contributed by atoms with Gasteiger partial charge in [0.2, 0.25) is 5.91 Å². The number of ether oxygens (including phenoxy) is 1. The van der Waals surface area contributed by atoms with E-state index in [-0.39, 0.29) is 24.5 Å². The first-order chi connectivity index (χ1) is 14.1. The number of aromatic nitrogens is 2. The van der Waals surface area contributed by atoms with E-state index in [1.54, 1.807) is 0 Å². The van der Waals surface area contributed by atoms with Gasteiger partial charge in [0.25, 0.3) is 0 Å². The molecule has 6 nitrogen and oxygen atoms in total. The van der Waals surface area contributed by atoms with Crippen molar-refractivity contribution in [1.29, 1.82) is 0 Å². The second kappa shape index (κ2) is 8.66. The predicted molar refractivity (Wildman–Crippen MR) is 114 cm³/mol. The highest BCUT2D eigenvalue weighted by molar-refractivity contribution is 5.81. The van der Waals surface area contributed by atoms with Crippen LogP contribution in [-0.2, 0) is 17.9 Å². The highest BCUT2D eigenvalue weighted by Crippen LogP contribution is 2.22. The maximum absolute atomic E-state index is 13.2. The fourth-order valence-electron chi connectivity index (χ4n) is 4.12. The zero-order valence-corrected chi connectivity index (χ0v) is 16.8. The highest BCUT2D eigenvalue weighted by atomic mass is 16.5. The van der Waals surface area contributed by atoms with Crippen LogP contribution in [0, 0.1) is 0 Å². The molecule has 0 bridgehead atoms. The van der Waals surface area contributed by atoms with Gasteiger partial charge < -0.3 is 19.9 Å². The van der Waals surface area contributed by atoms with Crippen LogP contribution < -0.4 is 10.5 Å². The van der Waals surface area contributed by atoms with E-state index in [1.165, 1.54) is 0 Å². The van der Waals surface area contributed by atoms with E-state index in [9.17, 15) is 4.79 Å². The minimum atomic E-state index is -0.0281.